The average Bonchev–Trinajstić information content (AvgIpc) is 3.08. The first-order chi connectivity index (χ1) is 15.5. The van der Waals surface area contributed by atoms with Gasteiger partial charge < -0.3 is 19.5 Å². The van der Waals surface area contributed by atoms with Crippen LogP contribution in [0, 0.1) is 0 Å². The van der Waals surface area contributed by atoms with E-state index in [0.29, 0.717) is 39.4 Å². The lowest BCUT2D eigenvalue weighted by Crippen LogP contribution is -2.29. The summed E-state index contributed by atoms with van der Waals surface area (Å²) >= 11 is 0. The van der Waals surface area contributed by atoms with E-state index in [4.69, 9.17) is 14.2 Å². The first-order valence-electron chi connectivity index (χ1n) is 10.3. The van der Waals surface area contributed by atoms with Crippen molar-refractivity contribution in [2.45, 2.75) is 19.8 Å². The standard InChI is InChI=1S/C25H23NO6/c1-4-31-19(27)13-32-18-12-8-7-11-17(18)21-20(25(29)30-3)14(2)26-23-15-9-5-6-10-16(15)24(28)22(21)23/h5-12,21,26H,4,13H2,1-3H3/t21-/m0/s1. The molecule has 2 aliphatic rings. The molecule has 1 N–H and O–H groups in total. The summed E-state index contributed by atoms with van der Waals surface area (Å²) in [6, 6.07) is 14.4. The van der Waals surface area contributed by atoms with Crippen molar-refractivity contribution in [3.63, 3.8) is 0 Å². The Kier molecular flexibility index (Phi) is 5.81. The molecular formula is C25H23NO6. The Bertz CT molecular complexity index is 1180. The Morgan fingerprint density at radius 2 is 1.72 bits per heavy atom. The first-order valence-corrected chi connectivity index (χ1v) is 10.3. The van der Waals surface area contributed by atoms with E-state index in [9.17, 15) is 14.4 Å². The smallest absolute Gasteiger partial charge is 0.344 e. The van der Waals surface area contributed by atoms with Crippen LogP contribution < -0.4 is 10.1 Å². The maximum absolute atomic E-state index is 13.5. The Morgan fingerprint density at radius 1 is 1.03 bits per heavy atom. The van der Waals surface area contributed by atoms with Crippen LogP contribution in [0.2, 0.25) is 0 Å². The third kappa shape index (κ3) is 3.56. The Labute approximate surface area is 185 Å². The molecule has 0 bridgehead atoms. The zero-order valence-electron chi connectivity index (χ0n) is 18.1. The minimum absolute atomic E-state index is 0.165. The molecule has 0 amide bonds. The van der Waals surface area contributed by atoms with Crippen LogP contribution in [0.5, 0.6) is 5.75 Å². The number of allylic oxidation sites excluding steroid dienone is 2. The van der Waals surface area contributed by atoms with Gasteiger partial charge in [-0.2, -0.15) is 0 Å². The number of rotatable bonds is 6. The molecule has 0 unspecified atom stereocenters. The van der Waals surface area contributed by atoms with Crippen LogP contribution in [0.1, 0.15) is 41.3 Å². The molecule has 0 saturated carbocycles. The number of ketones is 1. The molecule has 1 aliphatic carbocycles. The molecule has 0 saturated heterocycles. The van der Waals surface area contributed by atoms with Gasteiger partial charge in [0.15, 0.2) is 12.4 Å². The number of ether oxygens (including phenoxy) is 3. The number of dihydropyridines is 1. The van der Waals surface area contributed by atoms with Crippen LogP contribution in [-0.4, -0.2) is 38.0 Å². The minimum Gasteiger partial charge on any atom is -0.482 e. The highest BCUT2D eigenvalue weighted by Gasteiger charge is 2.43. The minimum atomic E-state index is -0.725. The van der Waals surface area contributed by atoms with Crippen LogP contribution in [0.3, 0.4) is 0 Å². The third-order valence-corrected chi connectivity index (χ3v) is 5.54. The molecule has 0 spiro atoms. The summed E-state index contributed by atoms with van der Waals surface area (Å²) in [6.45, 7) is 3.45. The van der Waals surface area contributed by atoms with Gasteiger partial charge in [0.2, 0.25) is 0 Å². The molecule has 32 heavy (non-hydrogen) atoms. The number of methoxy groups -OCH3 is 1. The van der Waals surface area contributed by atoms with Crippen molar-refractivity contribution in [2.75, 3.05) is 20.3 Å². The maximum atomic E-state index is 13.5. The van der Waals surface area contributed by atoms with Gasteiger partial charge in [-0.3, -0.25) is 4.79 Å². The quantitative estimate of drug-likeness (QED) is 0.699. The number of hydrogen-bond donors (Lipinski definition) is 1. The maximum Gasteiger partial charge on any atom is 0.344 e. The van der Waals surface area contributed by atoms with Crippen molar-refractivity contribution in [2.24, 2.45) is 0 Å². The lowest BCUT2D eigenvalue weighted by Gasteiger charge is -2.30. The van der Waals surface area contributed by atoms with Crippen molar-refractivity contribution in [3.8, 4) is 5.75 Å². The van der Waals surface area contributed by atoms with Gasteiger partial charge >= 0.3 is 11.9 Å². The van der Waals surface area contributed by atoms with Crippen LogP contribution in [0.15, 0.2) is 65.4 Å². The van der Waals surface area contributed by atoms with Gasteiger partial charge in [-0.05, 0) is 19.9 Å². The lowest BCUT2D eigenvalue weighted by molar-refractivity contribution is -0.145. The Balaban J connectivity index is 1.85. The summed E-state index contributed by atoms with van der Waals surface area (Å²) in [7, 11) is 1.30. The zero-order chi connectivity index (χ0) is 22.8. The highest BCUT2D eigenvalue weighted by molar-refractivity contribution is 6.23. The van der Waals surface area contributed by atoms with E-state index in [1.807, 2.05) is 18.2 Å². The number of esters is 2. The van der Waals surface area contributed by atoms with Crippen molar-refractivity contribution < 1.29 is 28.6 Å². The summed E-state index contributed by atoms with van der Waals surface area (Å²) in [5.74, 6) is -1.55. The number of Topliss-reactive ketones (excluding diaryl/α,β-unsaturated/α-hetero) is 1. The number of benzene rings is 2. The molecule has 0 aromatic heterocycles. The van der Waals surface area contributed by atoms with Crippen molar-refractivity contribution in [1.82, 2.24) is 5.32 Å². The normalized spacial score (nSPS) is 16.8. The fraction of sp³-hybridized carbons (Fsp3) is 0.240. The highest BCUT2D eigenvalue weighted by atomic mass is 16.6. The summed E-state index contributed by atoms with van der Waals surface area (Å²) in [6.07, 6.45) is 0. The Morgan fingerprint density at radius 3 is 2.44 bits per heavy atom. The SMILES string of the molecule is CCOC(=O)COc1ccccc1[C@H]1C(C(=O)OC)=C(C)NC2=C1C(=O)c1ccccc12. The van der Waals surface area contributed by atoms with E-state index in [2.05, 4.69) is 5.32 Å². The highest BCUT2D eigenvalue weighted by Crippen LogP contribution is 2.48. The number of hydrogen-bond acceptors (Lipinski definition) is 7. The van der Waals surface area contributed by atoms with Gasteiger partial charge in [-0.25, -0.2) is 9.59 Å². The molecule has 2 aromatic rings. The monoisotopic (exact) mass is 433 g/mol. The Hall–Kier alpha value is -3.87. The second kappa shape index (κ2) is 8.70. The number of fused-ring (bicyclic) bond motifs is 2. The molecule has 1 aliphatic heterocycles. The molecule has 0 radical (unpaired) electrons. The number of carbonyl (C=O) groups excluding carboxylic acids is 3. The average molecular weight is 433 g/mol. The summed E-state index contributed by atoms with van der Waals surface area (Å²) in [5, 5.41) is 3.24. The molecule has 4 rings (SSSR count). The first kappa shape index (κ1) is 21.4. The molecule has 1 atom stereocenters. The van der Waals surface area contributed by atoms with E-state index in [0.717, 1.165) is 5.56 Å². The predicted molar refractivity (Wildman–Crippen MR) is 117 cm³/mol. The summed E-state index contributed by atoms with van der Waals surface area (Å²) in [5.41, 5.74) is 3.96. The molecule has 164 valence electrons. The number of carbonyl (C=O) groups is 3. The van der Waals surface area contributed by atoms with E-state index < -0.39 is 17.9 Å². The second-order valence-electron chi connectivity index (χ2n) is 7.38. The van der Waals surface area contributed by atoms with Crippen molar-refractivity contribution >= 4 is 23.4 Å². The van der Waals surface area contributed by atoms with Gasteiger partial charge in [0, 0.05) is 28.0 Å². The van der Waals surface area contributed by atoms with Crippen LogP contribution in [0.4, 0.5) is 0 Å². The van der Waals surface area contributed by atoms with E-state index in [1.54, 1.807) is 44.2 Å². The number of para-hydroxylation sites is 1. The number of nitrogens with one attached hydrogen (secondary N) is 1. The fourth-order valence-corrected chi connectivity index (χ4v) is 4.21. The lowest BCUT2D eigenvalue weighted by atomic mass is 9.79. The molecule has 1 heterocycles. The van der Waals surface area contributed by atoms with Gasteiger partial charge in [-0.15, -0.1) is 0 Å². The van der Waals surface area contributed by atoms with E-state index in [-0.39, 0.29) is 19.0 Å². The van der Waals surface area contributed by atoms with Gasteiger partial charge in [0.25, 0.3) is 0 Å². The molecule has 7 nitrogen and oxygen atoms in total. The van der Waals surface area contributed by atoms with Crippen molar-refractivity contribution in [3.05, 3.63) is 82.1 Å². The topological polar surface area (TPSA) is 90.9 Å². The second-order valence-corrected chi connectivity index (χ2v) is 7.38. The third-order valence-electron chi connectivity index (χ3n) is 5.54. The summed E-state index contributed by atoms with van der Waals surface area (Å²) < 4.78 is 15.8. The van der Waals surface area contributed by atoms with Gasteiger partial charge in [0.1, 0.15) is 5.75 Å². The van der Waals surface area contributed by atoms with E-state index >= 15 is 0 Å². The molecule has 7 heteroatoms. The van der Waals surface area contributed by atoms with Crippen LogP contribution in [0.25, 0.3) is 5.70 Å². The van der Waals surface area contributed by atoms with Crippen LogP contribution in [-0.2, 0) is 19.1 Å². The fourth-order valence-electron chi connectivity index (χ4n) is 4.21. The molecule has 0 fully saturated rings. The largest absolute Gasteiger partial charge is 0.482 e. The predicted octanol–water partition coefficient (Wildman–Crippen LogP) is 3.37. The molecular weight excluding hydrogens is 410 g/mol. The van der Waals surface area contributed by atoms with E-state index in [1.165, 1.54) is 7.11 Å². The van der Waals surface area contributed by atoms with Crippen molar-refractivity contribution in [1.29, 1.82) is 0 Å². The van der Waals surface area contributed by atoms with Gasteiger partial charge in [-0.1, -0.05) is 42.5 Å². The van der Waals surface area contributed by atoms with Gasteiger partial charge in [0.05, 0.1) is 30.9 Å². The summed E-state index contributed by atoms with van der Waals surface area (Å²) in [4.78, 5) is 38.1. The van der Waals surface area contributed by atoms with Crippen LogP contribution >= 0.6 is 0 Å². The molecule has 2 aromatic carbocycles. The zero-order valence-corrected chi connectivity index (χ0v) is 18.1.